The van der Waals surface area contributed by atoms with E-state index < -0.39 is 0 Å². The van der Waals surface area contributed by atoms with E-state index in [0.29, 0.717) is 5.75 Å². The third kappa shape index (κ3) is 2.02. The Morgan fingerprint density at radius 1 is 1.11 bits per heavy atom. The minimum absolute atomic E-state index is 0.207. The van der Waals surface area contributed by atoms with Crippen LogP contribution in [-0.2, 0) is 0 Å². The van der Waals surface area contributed by atoms with E-state index in [1.165, 1.54) is 0 Å². The van der Waals surface area contributed by atoms with Crippen LogP contribution in [0.25, 0.3) is 11.3 Å². The summed E-state index contributed by atoms with van der Waals surface area (Å²) >= 11 is 0. The average Bonchev–Trinajstić information content (AvgIpc) is 2.38. The predicted octanol–water partition coefficient (Wildman–Crippen LogP) is 4.15. The van der Waals surface area contributed by atoms with Crippen LogP contribution in [0.2, 0.25) is 0 Å². The first-order valence-electron chi connectivity index (χ1n) is 6.13. The molecule has 0 fully saturated rings. The molecule has 0 aromatic heterocycles. The number of allylic oxidation sites excluding steroid dienone is 2. The summed E-state index contributed by atoms with van der Waals surface area (Å²) in [6, 6.07) is 13.2. The fourth-order valence-electron chi connectivity index (χ4n) is 2.35. The van der Waals surface area contributed by atoms with E-state index >= 15 is 0 Å². The van der Waals surface area contributed by atoms with Gasteiger partial charge in [-0.25, -0.2) is 0 Å². The van der Waals surface area contributed by atoms with Gasteiger partial charge in [-0.1, -0.05) is 36.9 Å². The van der Waals surface area contributed by atoms with Crippen molar-refractivity contribution in [1.82, 2.24) is 0 Å². The molecule has 19 heavy (non-hydrogen) atoms. The van der Waals surface area contributed by atoms with Crippen molar-refractivity contribution in [2.24, 2.45) is 0 Å². The van der Waals surface area contributed by atoms with Crippen molar-refractivity contribution in [1.29, 1.82) is 0 Å². The van der Waals surface area contributed by atoms with E-state index in [4.69, 9.17) is 4.74 Å². The lowest BCUT2D eigenvalue weighted by Crippen LogP contribution is -2.04. The number of benzene rings is 2. The number of aryl methyl sites for hydroxylation is 1. The summed E-state index contributed by atoms with van der Waals surface area (Å²) in [5.74, 6) is 1.62. The predicted molar refractivity (Wildman–Crippen MR) is 76.9 cm³/mol. The van der Waals surface area contributed by atoms with Crippen molar-refractivity contribution in [3.05, 3.63) is 71.8 Å². The van der Waals surface area contributed by atoms with Gasteiger partial charge in [-0.3, -0.25) is 0 Å². The molecule has 0 atom stereocenters. The van der Waals surface area contributed by atoms with Crippen molar-refractivity contribution in [3.8, 4) is 11.5 Å². The zero-order valence-corrected chi connectivity index (χ0v) is 10.7. The highest BCUT2D eigenvalue weighted by molar-refractivity contribution is 5.88. The van der Waals surface area contributed by atoms with Gasteiger partial charge >= 0.3 is 0 Å². The molecule has 2 aromatic rings. The number of phenolic OH excluding ortho intramolecular Hbond substituents is 1. The van der Waals surface area contributed by atoms with Crippen molar-refractivity contribution in [3.63, 3.8) is 0 Å². The van der Waals surface area contributed by atoms with Gasteiger partial charge in [0.2, 0.25) is 0 Å². The summed E-state index contributed by atoms with van der Waals surface area (Å²) in [6.07, 6.45) is 1.93. The summed E-state index contributed by atoms with van der Waals surface area (Å²) in [6.45, 7) is 6.02. The molecular formula is C17H14O2. The summed E-state index contributed by atoms with van der Waals surface area (Å²) in [5, 5.41) is 9.68. The van der Waals surface area contributed by atoms with Crippen LogP contribution in [0.3, 0.4) is 0 Å². The molecule has 1 N–H and O–H groups in total. The zero-order chi connectivity index (χ0) is 13.4. The van der Waals surface area contributed by atoms with Gasteiger partial charge in [0.15, 0.2) is 0 Å². The normalized spacial score (nSPS) is 13.5. The maximum Gasteiger partial charge on any atom is 0.139 e. The zero-order valence-electron chi connectivity index (χ0n) is 10.7. The van der Waals surface area contributed by atoms with Crippen LogP contribution >= 0.6 is 0 Å². The van der Waals surface area contributed by atoms with E-state index in [-0.39, 0.29) is 5.75 Å². The minimum Gasteiger partial charge on any atom is -0.508 e. The van der Waals surface area contributed by atoms with E-state index in [9.17, 15) is 5.11 Å². The second-order valence-corrected chi connectivity index (χ2v) is 4.64. The van der Waals surface area contributed by atoms with Crippen molar-refractivity contribution in [2.75, 3.05) is 0 Å². The molecule has 0 bridgehead atoms. The molecule has 0 unspecified atom stereocenters. The topological polar surface area (TPSA) is 29.5 Å². The first-order valence-corrected chi connectivity index (χ1v) is 6.13. The van der Waals surface area contributed by atoms with Gasteiger partial charge in [0.05, 0.1) is 0 Å². The number of ether oxygens (including phenoxy) is 1. The summed E-state index contributed by atoms with van der Waals surface area (Å²) in [4.78, 5) is 0. The largest absolute Gasteiger partial charge is 0.508 e. The number of aromatic hydroxyl groups is 1. The number of hydrogen-bond acceptors (Lipinski definition) is 2. The Labute approximate surface area is 112 Å². The lowest BCUT2D eigenvalue weighted by atomic mass is 9.96. The molecule has 0 radical (unpaired) electrons. The molecule has 0 saturated heterocycles. The number of phenols is 1. The van der Waals surface area contributed by atoms with Crippen LogP contribution in [-0.4, -0.2) is 5.11 Å². The fourth-order valence-corrected chi connectivity index (χ4v) is 2.35. The second-order valence-electron chi connectivity index (χ2n) is 4.64. The highest BCUT2D eigenvalue weighted by Crippen LogP contribution is 2.40. The number of hydrogen-bond donors (Lipinski definition) is 1. The Morgan fingerprint density at radius 2 is 1.84 bits per heavy atom. The molecule has 2 nitrogen and oxygen atoms in total. The highest BCUT2D eigenvalue weighted by Gasteiger charge is 2.19. The Hall–Kier alpha value is -2.48. The molecule has 3 rings (SSSR count). The molecule has 2 aromatic carbocycles. The maximum absolute atomic E-state index is 9.68. The molecule has 2 heteroatoms. The monoisotopic (exact) mass is 250 g/mol. The van der Waals surface area contributed by atoms with Crippen molar-refractivity contribution in [2.45, 2.75) is 6.92 Å². The summed E-state index contributed by atoms with van der Waals surface area (Å²) in [7, 11) is 0. The maximum atomic E-state index is 9.68. The molecule has 1 aliphatic rings. The van der Waals surface area contributed by atoms with Crippen LogP contribution in [0.1, 0.15) is 16.7 Å². The minimum atomic E-state index is 0.207. The van der Waals surface area contributed by atoms with Crippen LogP contribution in [0.15, 0.2) is 55.1 Å². The smallest absolute Gasteiger partial charge is 0.139 e. The molecule has 0 aliphatic carbocycles. The van der Waals surface area contributed by atoms with Crippen LogP contribution in [0, 0.1) is 6.92 Å². The van der Waals surface area contributed by atoms with Gasteiger partial charge < -0.3 is 9.84 Å². The Bertz CT molecular complexity index is 682. The highest BCUT2D eigenvalue weighted by atomic mass is 16.5. The Kier molecular flexibility index (Phi) is 2.64. The van der Waals surface area contributed by atoms with Crippen LogP contribution in [0.5, 0.6) is 11.5 Å². The van der Waals surface area contributed by atoms with Gasteiger partial charge in [0, 0.05) is 17.2 Å². The molecule has 1 aliphatic heterocycles. The third-order valence-electron chi connectivity index (χ3n) is 3.19. The molecular weight excluding hydrogens is 236 g/mol. The lowest BCUT2D eigenvalue weighted by molar-refractivity contribution is 0.462. The van der Waals surface area contributed by atoms with Gasteiger partial charge in [-0.2, -0.15) is 0 Å². The molecule has 0 amide bonds. The van der Waals surface area contributed by atoms with Crippen molar-refractivity contribution >= 4 is 11.3 Å². The molecule has 0 spiro atoms. The first kappa shape index (κ1) is 11.6. The molecule has 94 valence electrons. The number of rotatable bonds is 1. The van der Waals surface area contributed by atoms with Gasteiger partial charge in [0.25, 0.3) is 0 Å². The van der Waals surface area contributed by atoms with E-state index in [1.807, 2.05) is 43.3 Å². The van der Waals surface area contributed by atoms with E-state index in [1.54, 1.807) is 12.1 Å². The standard InChI is InChI=1S/C17H14O2/c1-11-8-14(18)10-16-17(11)12(2)9-15(19-16)13-6-4-3-5-7-13/h3-10,18H,2H2,1H3. The van der Waals surface area contributed by atoms with E-state index in [2.05, 4.69) is 6.58 Å². The van der Waals surface area contributed by atoms with Gasteiger partial charge in [0.1, 0.15) is 17.3 Å². The second kappa shape index (κ2) is 4.32. The molecule has 1 heterocycles. The third-order valence-corrected chi connectivity index (χ3v) is 3.19. The average molecular weight is 250 g/mol. The van der Waals surface area contributed by atoms with E-state index in [0.717, 1.165) is 28.0 Å². The van der Waals surface area contributed by atoms with Gasteiger partial charge in [-0.15, -0.1) is 0 Å². The van der Waals surface area contributed by atoms with Crippen LogP contribution < -0.4 is 4.74 Å². The lowest BCUT2D eigenvalue weighted by Gasteiger charge is -2.21. The SMILES string of the molecule is C=C1C=C(c2ccccc2)Oc2cc(O)cc(C)c21. The van der Waals surface area contributed by atoms with Gasteiger partial charge in [-0.05, 0) is 30.2 Å². The fraction of sp³-hybridized carbons (Fsp3) is 0.0588. The Morgan fingerprint density at radius 3 is 2.58 bits per heavy atom. The summed E-state index contributed by atoms with van der Waals surface area (Å²) in [5.41, 5.74) is 3.81. The summed E-state index contributed by atoms with van der Waals surface area (Å²) < 4.78 is 5.89. The van der Waals surface area contributed by atoms with Crippen molar-refractivity contribution < 1.29 is 9.84 Å². The molecule has 0 saturated carbocycles. The Balaban J connectivity index is 2.10. The van der Waals surface area contributed by atoms with Crippen LogP contribution in [0.4, 0.5) is 0 Å². The quantitative estimate of drug-likeness (QED) is 0.824. The first-order chi connectivity index (χ1) is 9.15. The number of fused-ring (bicyclic) bond motifs is 1.